The molecule has 2 saturated heterocycles. The molecule has 4 rings (SSSR count). The summed E-state index contributed by atoms with van der Waals surface area (Å²) in [5.41, 5.74) is 2.44. The quantitative estimate of drug-likeness (QED) is 0.871. The minimum atomic E-state index is -0.148. The fraction of sp³-hybridized carbons (Fsp3) is 0.381. The Morgan fingerprint density at radius 2 is 2.07 bits per heavy atom. The standard InChI is InChI=1S/C21H24N4O2/c26-20-7-4-10-25(20)17-11-16(12-23-13-17)21(27)24-19-14-22-9-8-18(19)15-5-2-1-3-6-15/h1-3,5-6,11-13,18-19,22H,4,7-10,14H2,(H,24,27)/t18-,19-/m1/s1. The van der Waals surface area contributed by atoms with Gasteiger partial charge in [0.2, 0.25) is 5.91 Å². The van der Waals surface area contributed by atoms with Crippen LogP contribution in [0.5, 0.6) is 0 Å². The van der Waals surface area contributed by atoms with Crippen molar-refractivity contribution < 1.29 is 9.59 Å². The smallest absolute Gasteiger partial charge is 0.253 e. The molecule has 2 aromatic rings. The zero-order chi connectivity index (χ0) is 18.6. The maximum absolute atomic E-state index is 12.9. The Bertz CT molecular complexity index is 824. The molecule has 0 saturated carbocycles. The van der Waals surface area contributed by atoms with Gasteiger partial charge in [0.1, 0.15) is 0 Å². The van der Waals surface area contributed by atoms with Crippen LogP contribution in [0.2, 0.25) is 0 Å². The highest BCUT2D eigenvalue weighted by Gasteiger charge is 2.28. The topological polar surface area (TPSA) is 74.3 Å². The number of hydrogen-bond donors (Lipinski definition) is 2. The minimum Gasteiger partial charge on any atom is -0.347 e. The summed E-state index contributed by atoms with van der Waals surface area (Å²) in [6.07, 6.45) is 5.60. The second-order valence-corrected chi connectivity index (χ2v) is 7.17. The number of hydrogen-bond acceptors (Lipinski definition) is 4. The number of anilines is 1. The van der Waals surface area contributed by atoms with Gasteiger partial charge in [0, 0.05) is 37.7 Å². The van der Waals surface area contributed by atoms with E-state index in [-0.39, 0.29) is 23.8 Å². The second kappa shape index (κ2) is 7.88. The molecule has 2 atom stereocenters. The van der Waals surface area contributed by atoms with Crippen LogP contribution in [0, 0.1) is 0 Å². The zero-order valence-corrected chi connectivity index (χ0v) is 15.2. The molecule has 27 heavy (non-hydrogen) atoms. The van der Waals surface area contributed by atoms with Gasteiger partial charge in [0.15, 0.2) is 0 Å². The predicted octanol–water partition coefficient (Wildman–Crippen LogP) is 2.08. The summed E-state index contributed by atoms with van der Waals surface area (Å²) >= 11 is 0. The third-order valence-corrected chi connectivity index (χ3v) is 5.40. The molecule has 0 radical (unpaired) electrons. The Hall–Kier alpha value is -2.73. The maximum Gasteiger partial charge on any atom is 0.253 e. The molecule has 0 unspecified atom stereocenters. The van der Waals surface area contributed by atoms with E-state index in [9.17, 15) is 9.59 Å². The molecule has 0 spiro atoms. The third kappa shape index (κ3) is 3.85. The summed E-state index contributed by atoms with van der Waals surface area (Å²) in [6.45, 7) is 2.37. The summed E-state index contributed by atoms with van der Waals surface area (Å²) in [5.74, 6) is 0.230. The first-order chi connectivity index (χ1) is 13.2. The summed E-state index contributed by atoms with van der Waals surface area (Å²) in [4.78, 5) is 30.7. The van der Waals surface area contributed by atoms with Crippen molar-refractivity contribution in [2.45, 2.75) is 31.2 Å². The van der Waals surface area contributed by atoms with Crippen LogP contribution in [0.15, 0.2) is 48.8 Å². The van der Waals surface area contributed by atoms with Crippen molar-refractivity contribution in [1.29, 1.82) is 0 Å². The average molecular weight is 364 g/mol. The van der Waals surface area contributed by atoms with Gasteiger partial charge in [-0.25, -0.2) is 0 Å². The molecule has 3 heterocycles. The van der Waals surface area contributed by atoms with Crippen LogP contribution in [0.4, 0.5) is 5.69 Å². The number of nitrogens with zero attached hydrogens (tertiary/aromatic N) is 2. The normalized spacial score (nSPS) is 22.7. The second-order valence-electron chi connectivity index (χ2n) is 7.17. The van der Waals surface area contributed by atoms with Crippen LogP contribution in [0.25, 0.3) is 0 Å². The number of piperidine rings is 1. The first-order valence-corrected chi connectivity index (χ1v) is 9.54. The van der Waals surface area contributed by atoms with Gasteiger partial charge in [-0.1, -0.05) is 30.3 Å². The molecule has 2 fully saturated rings. The van der Waals surface area contributed by atoms with Gasteiger partial charge in [-0.15, -0.1) is 0 Å². The van der Waals surface area contributed by atoms with E-state index >= 15 is 0 Å². The minimum absolute atomic E-state index is 0.0192. The van der Waals surface area contributed by atoms with Gasteiger partial charge in [-0.2, -0.15) is 0 Å². The van der Waals surface area contributed by atoms with Gasteiger partial charge in [0.25, 0.3) is 5.91 Å². The van der Waals surface area contributed by atoms with Crippen LogP contribution in [0.3, 0.4) is 0 Å². The van der Waals surface area contributed by atoms with Gasteiger partial charge in [0.05, 0.1) is 17.4 Å². The summed E-state index contributed by atoms with van der Waals surface area (Å²) in [7, 11) is 0. The van der Waals surface area contributed by atoms with Crippen LogP contribution < -0.4 is 15.5 Å². The summed E-state index contributed by atoms with van der Waals surface area (Å²) in [5, 5.41) is 6.54. The number of rotatable bonds is 4. The Kier molecular flexibility index (Phi) is 5.16. The molecule has 140 valence electrons. The third-order valence-electron chi connectivity index (χ3n) is 5.40. The maximum atomic E-state index is 12.9. The highest BCUT2D eigenvalue weighted by molar-refractivity contribution is 5.98. The molecular weight excluding hydrogens is 340 g/mol. The van der Waals surface area contributed by atoms with E-state index < -0.39 is 0 Å². The van der Waals surface area contributed by atoms with E-state index in [4.69, 9.17) is 0 Å². The Labute approximate surface area is 159 Å². The van der Waals surface area contributed by atoms with Crippen LogP contribution >= 0.6 is 0 Å². The molecule has 2 N–H and O–H groups in total. The van der Waals surface area contributed by atoms with Crippen LogP contribution in [-0.4, -0.2) is 42.5 Å². The number of pyridine rings is 1. The van der Waals surface area contributed by atoms with E-state index in [1.807, 2.05) is 18.2 Å². The Morgan fingerprint density at radius 1 is 1.22 bits per heavy atom. The lowest BCUT2D eigenvalue weighted by Crippen LogP contribution is -2.50. The lowest BCUT2D eigenvalue weighted by molar-refractivity contribution is -0.117. The molecule has 1 aromatic carbocycles. The van der Waals surface area contributed by atoms with Crippen LogP contribution in [-0.2, 0) is 4.79 Å². The molecule has 2 amide bonds. The first kappa shape index (κ1) is 17.7. The van der Waals surface area contributed by atoms with E-state index in [2.05, 4.69) is 27.8 Å². The Morgan fingerprint density at radius 3 is 2.85 bits per heavy atom. The number of carbonyl (C=O) groups excluding carboxylic acids is 2. The molecule has 6 heteroatoms. The lowest BCUT2D eigenvalue weighted by Gasteiger charge is -2.33. The van der Waals surface area contributed by atoms with Crippen molar-refractivity contribution in [2.24, 2.45) is 0 Å². The molecule has 0 aliphatic carbocycles. The number of carbonyl (C=O) groups is 2. The van der Waals surface area contributed by atoms with Crippen molar-refractivity contribution in [2.75, 3.05) is 24.5 Å². The number of nitrogens with one attached hydrogen (secondary N) is 2. The number of benzene rings is 1. The zero-order valence-electron chi connectivity index (χ0n) is 15.2. The molecule has 1 aromatic heterocycles. The van der Waals surface area contributed by atoms with Crippen molar-refractivity contribution in [3.05, 3.63) is 59.9 Å². The largest absolute Gasteiger partial charge is 0.347 e. The summed E-state index contributed by atoms with van der Waals surface area (Å²) < 4.78 is 0. The van der Waals surface area contributed by atoms with Crippen molar-refractivity contribution >= 4 is 17.5 Å². The first-order valence-electron chi connectivity index (χ1n) is 9.54. The average Bonchev–Trinajstić information content (AvgIpc) is 3.15. The van der Waals surface area contributed by atoms with E-state index in [0.717, 1.165) is 25.9 Å². The molecule has 0 bridgehead atoms. The highest BCUT2D eigenvalue weighted by atomic mass is 16.2. The number of amides is 2. The Balaban J connectivity index is 1.50. The SMILES string of the molecule is O=C(N[C@@H]1CNCC[C@@H]1c1ccccc1)c1cncc(N2CCCC2=O)c1. The van der Waals surface area contributed by atoms with Gasteiger partial charge in [-0.05, 0) is 31.0 Å². The molecule has 6 nitrogen and oxygen atoms in total. The van der Waals surface area contributed by atoms with Crippen molar-refractivity contribution in [3.8, 4) is 0 Å². The fourth-order valence-corrected chi connectivity index (χ4v) is 3.98. The fourth-order valence-electron chi connectivity index (χ4n) is 3.98. The van der Waals surface area contributed by atoms with Crippen LogP contribution in [0.1, 0.15) is 41.1 Å². The van der Waals surface area contributed by atoms with Crippen molar-refractivity contribution in [1.82, 2.24) is 15.6 Å². The highest BCUT2D eigenvalue weighted by Crippen LogP contribution is 2.26. The summed E-state index contributed by atoms with van der Waals surface area (Å²) in [6, 6.07) is 12.1. The lowest BCUT2D eigenvalue weighted by atomic mass is 9.86. The van der Waals surface area contributed by atoms with Gasteiger partial charge in [-0.3, -0.25) is 14.6 Å². The van der Waals surface area contributed by atoms with E-state index in [1.54, 1.807) is 23.4 Å². The molecular formula is C21H24N4O2. The number of aromatic nitrogens is 1. The monoisotopic (exact) mass is 364 g/mol. The van der Waals surface area contributed by atoms with E-state index in [1.165, 1.54) is 5.56 Å². The predicted molar refractivity (Wildman–Crippen MR) is 104 cm³/mol. The van der Waals surface area contributed by atoms with Crippen molar-refractivity contribution in [3.63, 3.8) is 0 Å². The van der Waals surface area contributed by atoms with Gasteiger partial charge >= 0.3 is 0 Å². The molecule has 2 aliphatic heterocycles. The molecule has 2 aliphatic rings. The van der Waals surface area contributed by atoms with E-state index in [0.29, 0.717) is 24.2 Å². The van der Waals surface area contributed by atoms with Gasteiger partial charge < -0.3 is 15.5 Å².